The smallest absolute Gasteiger partial charge is 0.243 e. The van der Waals surface area contributed by atoms with E-state index in [0.717, 1.165) is 6.07 Å². The van der Waals surface area contributed by atoms with Gasteiger partial charge in [0, 0.05) is 19.6 Å². The predicted octanol–water partition coefficient (Wildman–Crippen LogP) is -0.149. The van der Waals surface area contributed by atoms with E-state index in [1.54, 1.807) is 0 Å². The zero-order valence-corrected chi connectivity index (χ0v) is 18.2. The second-order valence-corrected chi connectivity index (χ2v) is 9.47. The van der Waals surface area contributed by atoms with Gasteiger partial charge in [0.25, 0.3) is 0 Å². The monoisotopic (exact) mass is 459 g/mol. The van der Waals surface area contributed by atoms with Gasteiger partial charge in [-0.15, -0.1) is 0 Å². The van der Waals surface area contributed by atoms with Crippen LogP contribution in [0, 0.1) is 5.82 Å². The largest absolute Gasteiger partial charge is 0.394 e. The maximum absolute atomic E-state index is 13.7. The number of rotatable bonds is 9. The Balaban J connectivity index is 1.43. The molecule has 0 radical (unpaired) electrons. The molecule has 2 saturated heterocycles. The van der Waals surface area contributed by atoms with Crippen molar-refractivity contribution in [2.45, 2.75) is 42.4 Å². The van der Waals surface area contributed by atoms with E-state index in [1.807, 2.05) is 4.90 Å². The lowest BCUT2D eigenvalue weighted by Gasteiger charge is -2.36. The predicted molar refractivity (Wildman–Crippen MR) is 110 cm³/mol. The third-order valence-electron chi connectivity index (χ3n) is 5.50. The average Bonchev–Trinajstić information content (AvgIpc) is 2.75. The number of morpholine rings is 1. The minimum atomic E-state index is -3.95. The van der Waals surface area contributed by atoms with Gasteiger partial charge in [-0.1, -0.05) is 12.1 Å². The minimum absolute atomic E-state index is 0.0769. The van der Waals surface area contributed by atoms with Gasteiger partial charge in [-0.25, -0.2) is 17.5 Å². The van der Waals surface area contributed by atoms with Crippen molar-refractivity contribution in [1.82, 2.24) is 14.9 Å². The third-order valence-corrected chi connectivity index (χ3v) is 6.99. The van der Waals surface area contributed by atoms with Crippen LogP contribution in [0.15, 0.2) is 29.2 Å². The Kier molecular flexibility index (Phi) is 8.76. The second-order valence-electron chi connectivity index (χ2n) is 7.74. The molecular weight excluding hydrogens is 429 g/mol. The van der Waals surface area contributed by atoms with Gasteiger partial charge in [-0.2, -0.15) is 0 Å². The molecule has 11 heteroatoms. The zero-order chi connectivity index (χ0) is 22.3. The highest BCUT2D eigenvalue weighted by molar-refractivity contribution is 7.89. The topological polar surface area (TPSA) is 117 Å². The van der Waals surface area contributed by atoms with Gasteiger partial charge in [0.2, 0.25) is 15.9 Å². The molecule has 9 nitrogen and oxygen atoms in total. The van der Waals surface area contributed by atoms with Crippen LogP contribution in [0.1, 0.15) is 19.3 Å². The van der Waals surface area contributed by atoms with Crippen LogP contribution in [0.2, 0.25) is 0 Å². The molecule has 0 aromatic heterocycles. The Labute approximate surface area is 181 Å². The summed E-state index contributed by atoms with van der Waals surface area (Å²) in [7, 11) is -3.95. The zero-order valence-electron chi connectivity index (χ0n) is 17.3. The maximum atomic E-state index is 13.7. The lowest BCUT2D eigenvalue weighted by molar-refractivity contribution is -0.130. The standard InChI is InChI=1S/C20H30FN3O6S/c21-16-3-1-2-4-19(16)31(27,28)22-8-7-15-5-6-17(18(14-25)30-15)23-20(26)13-24-9-11-29-12-10-24/h1-4,15,17-18,22,25H,5-14H2,(H,23,26)/t15-,17+,18+/m0/s1. The number of ether oxygens (including phenoxy) is 2. The molecule has 2 aliphatic heterocycles. The molecule has 0 unspecified atom stereocenters. The first-order chi connectivity index (χ1) is 14.9. The third kappa shape index (κ3) is 6.93. The van der Waals surface area contributed by atoms with Crippen molar-refractivity contribution in [2.24, 2.45) is 0 Å². The number of aliphatic hydroxyl groups excluding tert-OH is 1. The van der Waals surface area contributed by atoms with Crippen LogP contribution < -0.4 is 10.0 Å². The Morgan fingerprint density at radius 1 is 1.23 bits per heavy atom. The fourth-order valence-corrected chi connectivity index (χ4v) is 4.94. The van der Waals surface area contributed by atoms with Crippen molar-refractivity contribution < 1.29 is 32.2 Å². The van der Waals surface area contributed by atoms with E-state index < -0.39 is 26.8 Å². The van der Waals surface area contributed by atoms with Crippen LogP contribution in [-0.2, 0) is 24.3 Å². The van der Waals surface area contributed by atoms with Crippen molar-refractivity contribution in [2.75, 3.05) is 46.0 Å². The first-order valence-corrected chi connectivity index (χ1v) is 12.0. The normalized spacial score (nSPS) is 25.3. The molecule has 1 aromatic rings. The van der Waals surface area contributed by atoms with Crippen LogP contribution >= 0.6 is 0 Å². The molecule has 2 aliphatic rings. The molecule has 31 heavy (non-hydrogen) atoms. The highest BCUT2D eigenvalue weighted by Crippen LogP contribution is 2.22. The number of hydrogen-bond donors (Lipinski definition) is 3. The molecule has 1 aromatic carbocycles. The van der Waals surface area contributed by atoms with E-state index in [4.69, 9.17) is 9.47 Å². The molecule has 1 amide bonds. The van der Waals surface area contributed by atoms with Gasteiger partial charge in [0.15, 0.2) is 0 Å². The Hall–Kier alpha value is -1.63. The highest BCUT2D eigenvalue weighted by Gasteiger charge is 2.32. The summed E-state index contributed by atoms with van der Waals surface area (Å²) in [6.45, 7) is 2.75. The van der Waals surface area contributed by atoms with Gasteiger partial charge in [-0.05, 0) is 31.4 Å². The summed E-state index contributed by atoms with van der Waals surface area (Å²) in [4.78, 5) is 14.0. The molecule has 0 bridgehead atoms. The SMILES string of the molecule is O=C(CN1CCOCC1)N[C@@H]1CC[C@@H](CCNS(=O)(=O)c2ccccc2F)O[C@@H]1CO. The number of amides is 1. The molecule has 3 atom stereocenters. The summed E-state index contributed by atoms with van der Waals surface area (Å²) < 4.78 is 51.8. The number of carbonyl (C=O) groups excluding carboxylic acids is 1. The van der Waals surface area contributed by atoms with Gasteiger partial charge in [0.1, 0.15) is 16.8 Å². The number of halogens is 1. The van der Waals surface area contributed by atoms with E-state index in [1.165, 1.54) is 18.2 Å². The lowest BCUT2D eigenvalue weighted by Crippen LogP contribution is -2.53. The summed E-state index contributed by atoms with van der Waals surface area (Å²) in [6.07, 6.45) is 0.771. The lowest BCUT2D eigenvalue weighted by atomic mass is 9.97. The maximum Gasteiger partial charge on any atom is 0.243 e. The number of nitrogens with zero attached hydrogens (tertiary/aromatic N) is 1. The average molecular weight is 460 g/mol. The molecule has 2 fully saturated rings. The van der Waals surface area contributed by atoms with Gasteiger partial charge < -0.3 is 19.9 Å². The first-order valence-electron chi connectivity index (χ1n) is 10.5. The number of hydrogen-bond acceptors (Lipinski definition) is 7. The minimum Gasteiger partial charge on any atom is -0.394 e. The van der Waals surface area contributed by atoms with Gasteiger partial charge in [-0.3, -0.25) is 9.69 Å². The number of sulfonamides is 1. The summed E-state index contributed by atoms with van der Waals surface area (Å²) in [5.74, 6) is -0.926. The quantitative estimate of drug-likeness (QED) is 0.470. The molecule has 0 saturated carbocycles. The fraction of sp³-hybridized carbons (Fsp3) is 0.650. The highest BCUT2D eigenvalue weighted by atomic mass is 32.2. The van der Waals surface area contributed by atoms with Crippen LogP contribution in [0.3, 0.4) is 0 Å². The van der Waals surface area contributed by atoms with E-state index in [-0.39, 0.29) is 37.7 Å². The van der Waals surface area contributed by atoms with Crippen LogP contribution in [-0.4, -0.2) is 88.6 Å². The second kappa shape index (κ2) is 11.3. The number of nitrogens with one attached hydrogen (secondary N) is 2. The van der Waals surface area contributed by atoms with Crippen molar-refractivity contribution in [3.63, 3.8) is 0 Å². The van der Waals surface area contributed by atoms with E-state index >= 15 is 0 Å². The van der Waals surface area contributed by atoms with Gasteiger partial charge in [0.05, 0.1) is 38.5 Å². The molecule has 3 rings (SSSR count). The van der Waals surface area contributed by atoms with Crippen molar-refractivity contribution in [1.29, 1.82) is 0 Å². The Morgan fingerprint density at radius 2 is 1.97 bits per heavy atom. The molecule has 2 heterocycles. The Bertz CT molecular complexity index is 834. The number of aliphatic hydroxyl groups is 1. The fourth-order valence-electron chi connectivity index (χ4n) is 3.82. The summed E-state index contributed by atoms with van der Waals surface area (Å²) in [6, 6.07) is 4.89. The van der Waals surface area contributed by atoms with Crippen LogP contribution in [0.25, 0.3) is 0 Å². The summed E-state index contributed by atoms with van der Waals surface area (Å²) in [5.41, 5.74) is 0. The number of carbonyl (C=O) groups is 1. The van der Waals surface area contributed by atoms with Crippen molar-refractivity contribution >= 4 is 15.9 Å². The number of benzene rings is 1. The molecule has 0 aliphatic carbocycles. The van der Waals surface area contributed by atoms with Gasteiger partial charge >= 0.3 is 0 Å². The van der Waals surface area contributed by atoms with E-state index in [2.05, 4.69) is 10.0 Å². The Morgan fingerprint density at radius 3 is 2.68 bits per heavy atom. The molecule has 174 valence electrons. The molecule has 0 spiro atoms. The van der Waals surface area contributed by atoms with Crippen LogP contribution in [0.4, 0.5) is 4.39 Å². The van der Waals surface area contributed by atoms with Crippen molar-refractivity contribution in [3.05, 3.63) is 30.1 Å². The molecule has 3 N–H and O–H groups in total. The molecular formula is C20H30FN3O6S. The first kappa shape index (κ1) is 24.0. The van der Waals surface area contributed by atoms with Crippen LogP contribution in [0.5, 0.6) is 0 Å². The summed E-state index contributed by atoms with van der Waals surface area (Å²) in [5, 5.41) is 12.6. The summed E-state index contributed by atoms with van der Waals surface area (Å²) >= 11 is 0. The van der Waals surface area contributed by atoms with E-state index in [9.17, 15) is 22.7 Å². The van der Waals surface area contributed by atoms with E-state index in [0.29, 0.717) is 45.6 Å². The van der Waals surface area contributed by atoms with Crippen molar-refractivity contribution in [3.8, 4) is 0 Å².